The highest BCUT2D eigenvalue weighted by atomic mass is 19.4. The molecule has 1 unspecified atom stereocenters. The van der Waals surface area contributed by atoms with E-state index in [9.17, 15) is 18.0 Å². The molecular formula is C13H23F3N2O. The third-order valence-electron chi connectivity index (χ3n) is 3.81. The molecule has 0 spiro atoms. The van der Waals surface area contributed by atoms with Crippen LogP contribution < -0.4 is 5.32 Å². The molecule has 1 N–H and O–H groups in total. The number of hydrogen-bond acceptors (Lipinski definition) is 2. The van der Waals surface area contributed by atoms with Gasteiger partial charge < -0.3 is 10.2 Å². The van der Waals surface area contributed by atoms with E-state index >= 15 is 0 Å². The van der Waals surface area contributed by atoms with Crippen molar-refractivity contribution >= 4 is 5.91 Å². The number of carbonyl (C=O) groups excluding carboxylic acids is 1. The standard InChI is InChI=1S/C13H23F3N2O/c1-3-5-8-18(10-13(14,15)16)11(19)12(4-2)6-7-17-9-12/h17H,3-10H2,1-2H3. The summed E-state index contributed by atoms with van der Waals surface area (Å²) in [4.78, 5) is 13.5. The summed E-state index contributed by atoms with van der Waals surface area (Å²) in [7, 11) is 0. The quantitative estimate of drug-likeness (QED) is 0.811. The zero-order valence-electron chi connectivity index (χ0n) is 11.6. The predicted octanol–water partition coefficient (Wildman–Crippen LogP) is 2.57. The minimum absolute atomic E-state index is 0.191. The maximum absolute atomic E-state index is 12.6. The van der Waals surface area contributed by atoms with Crippen molar-refractivity contribution in [2.24, 2.45) is 5.41 Å². The summed E-state index contributed by atoms with van der Waals surface area (Å²) in [6.07, 6.45) is -1.74. The summed E-state index contributed by atoms with van der Waals surface area (Å²) in [5.41, 5.74) is -0.640. The lowest BCUT2D eigenvalue weighted by Crippen LogP contribution is -2.48. The van der Waals surface area contributed by atoms with Gasteiger partial charge in [0.25, 0.3) is 0 Å². The first-order valence-electron chi connectivity index (χ1n) is 6.91. The number of nitrogens with one attached hydrogen (secondary N) is 1. The van der Waals surface area contributed by atoms with Gasteiger partial charge in [-0.3, -0.25) is 4.79 Å². The van der Waals surface area contributed by atoms with E-state index in [0.29, 0.717) is 32.4 Å². The van der Waals surface area contributed by atoms with Crippen LogP contribution in [0.2, 0.25) is 0 Å². The van der Waals surface area contributed by atoms with Crippen LogP contribution in [0.15, 0.2) is 0 Å². The summed E-state index contributed by atoms with van der Waals surface area (Å²) in [6, 6.07) is 0. The lowest BCUT2D eigenvalue weighted by molar-refractivity contribution is -0.167. The van der Waals surface area contributed by atoms with Gasteiger partial charge in [-0.1, -0.05) is 20.3 Å². The fourth-order valence-electron chi connectivity index (χ4n) is 2.53. The zero-order chi connectivity index (χ0) is 14.5. The van der Waals surface area contributed by atoms with Gasteiger partial charge in [0.1, 0.15) is 6.54 Å². The average molecular weight is 280 g/mol. The Balaban J connectivity index is 2.80. The topological polar surface area (TPSA) is 32.3 Å². The number of carbonyl (C=O) groups is 1. The van der Waals surface area contributed by atoms with Crippen LogP contribution in [0.3, 0.4) is 0 Å². The molecule has 0 aromatic heterocycles. The summed E-state index contributed by atoms with van der Waals surface area (Å²) in [5, 5.41) is 3.09. The summed E-state index contributed by atoms with van der Waals surface area (Å²) < 4.78 is 37.8. The molecule has 1 heterocycles. The molecule has 1 saturated heterocycles. The highest BCUT2D eigenvalue weighted by Crippen LogP contribution is 2.33. The molecule has 1 atom stereocenters. The smallest absolute Gasteiger partial charge is 0.333 e. The highest BCUT2D eigenvalue weighted by molar-refractivity contribution is 5.83. The average Bonchev–Trinajstić information content (AvgIpc) is 2.82. The molecule has 0 saturated carbocycles. The van der Waals surface area contributed by atoms with E-state index in [1.54, 1.807) is 0 Å². The second-order valence-corrected chi connectivity index (χ2v) is 5.26. The number of hydrogen-bond donors (Lipinski definition) is 1. The van der Waals surface area contributed by atoms with Crippen LogP contribution in [-0.2, 0) is 4.79 Å². The molecular weight excluding hydrogens is 257 g/mol. The Morgan fingerprint density at radius 3 is 2.47 bits per heavy atom. The Morgan fingerprint density at radius 1 is 1.37 bits per heavy atom. The minimum Gasteiger partial charge on any atom is -0.333 e. The molecule has 0 aliphatic carbocycles. The first-order valence-corrected chi connectivity index (χ1v) is 6.91. The SMILES string of the molecule is CCCCN(CC(F)(F)F)C(=O)C1(CC)CCNC1. The Labute approximate surface area is 112 Å². The van der Waals surface area contributed by atoms with Crippen LogP contribution in [0.4, 0.5) is 13.2 Å². The molecule has 0 bridgehead atoms. The molecule has 1 fully saturated rings. The predicted molar refractivity (Wildman–Crippen MR) is 67.8 cm³/mol. The summed E-state index contributed by atoms with van der Waals surface area (Å²) >= 11 is 0. The number of alkyl halides is 3. The molecule has 3 nitrogen and oxygen atoms in total. The van der Waals surface area contributed by atoms with E-state index in [-0.39, 0.29) is 12.5 Å². The van der Waals surface area contributed by atoms with Gasteiger partial charge in [-0.05, 0) is 25.8 Å². The van der Waals surface area contributed by atoms with E-state index in [2.05, 4.69) is 5.32 Å². The zero-order valence-corrected chi connectivity index (χ0v) is 11.6. The van der Waals surface area contributed by atoms with Crippen molar-refractivity contribution in [3.05, 3.63) is 0 Å². The second-order valence-electron chi connectivity index (χ2n) is 5.26. The largest absolute Gasteiger partial charge is 0.406 e. The van der Waals surface area contributed by atoms with E-state index in [1.165, 1.54) is 0 Å². The van der Waals surface area contributed by atoms with Gasteiger partial charge in [0, 0.05) is 13.1 Å². The van der Waals surface area contributed by atoms with Crippen LogP contribution >= 0.6 is 0 Å². The van der Waals surface area contributed by atoms with Gasteiger partial charge in [-0.15, -0.1) is 0 Å². The van der Waals surface area contributed by atoms with E-state index in [4.69, 9.17) is 0 Å². The molecule has 0 aromatic rings. The van der Waals surface area contributed by atoms with Gasteiger partial charge in [0.05, 0.1) is 5.41 Å². The summed E-state index contributed by atoms with van der Waals surface area (Å²) in [6.45, 7) is 4.03. The fourth-order valence-corrected chi connectivity index (χ4v) is 2.53. The van der Waals surface area contributed by atoms with Gasteiger partial charge in [0.15, 0.2) is 0 Å². The van der Waals surface area contributed by atoms with Crippen LogP contribution in [-0.4, -0.2) is 43.2 Å². The number of rotatable bonds is 6. The van der Waals surface area contributed by atoms with Gasteiger partial charge >= 0.3 is 6.18 Å². The van der Waals surface area contributed by atoms with E-state index in [0.717, 1.165) is 11.3 Å². The number of halogens is 3. The van der Waals surface area contributed by atoms with Gasteiger partial charge in [0.2, 0.25) is 5.91 Å². The van der Waals surface area contributed by atoms with E-state index in [1.807, 2.05) is 13.8 Å². The Morgan fingerprint density at radius 2 is 2.05 bits per heavy atom. The molecule has 112 valence electrons. The molecule has 1 aliphatic heterocycles. The molecule has 1 rings (SSSR count). The lowest BCUT2D eigenvalue weighted by Gasteiger charge is -2.33. The van der Waals surface area contributed by atoms with Gasteiger partial charge in [-0.2, -0.15) is 13.2 Å². The van der Waals surface area contributed by atoms with Crippen molar-refractivity contribution in [1.29, 1.82) is 0 Å². The Kier molecular flexibility index (Phi) is 5.64. The van der Waals surface area contributed by atoms with Crippen molar-refractivity contribution < 1.29 is 18.0 Å². The summed E-state index contributed by atoms with van der Waals surface area (Å²) in [5.74, 6) is -0.342. The molecule has 19 heavy (non-hydrogen) atoms. The third kappa shape index (κ3) is 4.37. The maximum Gasteiger partial charge on any atom is 0.406 e. The molecule has 1 aliphatic rings. The van der Waals surface area contributed by atoms with Crippen molar-refractivity contribution in [2.75, 3.05) is 26.2 Å². The first-order chi connectivity index (χ1) is 8.84. The van der Waals surface area contributed by atoms with Crippen LogP contribution in [0.1, 0.15) is 39.5 Å². The van der Waals surface area contributed by atoms with Crippen LogP contribution in [0.5, 0.6) is 0 Å². The van der Waals surface area contributed by atoms with Crippen LogP contribution in [0, 0.1) is 5.41 Å². The lowest BCUT2D eigenvalue weighted by atomic mass is 9.82. The molecule has 6 heteroatoms. The van der Waals surface area contributed by atoms with Crippen molar-refractivity contribution in [3.8, 4) is 0 Å². The second kappa shape index (κ2) is 6.59. The number of amides is 1. The minimum atomic E-state index is -4.33. The Hall–Kier alpha value is -0.780. The highest BCUT2D eigenvalue weighted by Gasteiger charge is 2.44. The van der Waals surface area contributed by atoms with E-state index < -0.39 is 18.1 Å². The number of unbranched alkanes of at least 4 members (excludes halogenated alkanes) is 1. The van der Waals surface area contributed by atoms with Crippen molar-refractivity contribution in [3.63, 3.8) is 0 Å². The normalized spacial score (nSPS) is 23.6. The Bertz CT molecular complexity index is 299. The van der Waals surface area contributed by atoms with Crippen molar-refractivity contribution in [2.45, 2.75) is 45.7 Å². The monoisotopic (exact) mass is 280 g/mol. The maximum atomic E-state index is 12.6. The first kappa shape index (κ1) is 16.3. The molecule has 1 amide bonds. The fraction of sp³-hybridized carbons (Fsp3) is 0.923. The number of nitrogens with zero attached hydrogens (tertiary/aromatic N) is 1. The molecule has 0 radical (unpaired) electrons. The van der Waals surface area contributed by atoms with Crippen LogP contribution in [0.25, 0.3) is 0 Å². The van der Waals surface area contributed by atoms with Crippen molar-refractivity contribution in [1.82, 2.24) is 10.2 Å². The van der Waals surface area contributed by atoms with Gasteiger partial charge in [-0.25, -0.2) is 0 Å². The molecule has 0 aromatic carbocycles. The third-order valence-corrected chi connectivity index (χ3v) is 3.81.